The number of esters is 1. The highest BCUT2D eigenvalue weighted by Gasteiger charge is 2.49. The number of hydrogen-bond donors (Lipinski definition) is 0. The van der Waals surface area contributed by atoms with Crippen molar-refractivity contribution in [2.24, 2.45) is 5.92 Å². The number of methoxy groups -OCH3 is 1. The van der Waals surface area contributed by atoms with E-state index >= 15 is 0 Å². The molecule has 4 atom stereocenters. The zero-order chi connectivity index (χ0) is 15.7. The first kappa shape index (κ1) is 15.3. The summed E-state index contributed by atoms with van der Waals surface area (Å²) >= 11 is 0. The smallest absolute Gasteiger partial charge is 0.310 e. The fraction of sp³-hybridized carbons (Fsp3) is 0.526. The maximum absolute atomic E-state index is 12.4. The minimum absolute atomic E-state index is 0.0404. The van der Waals surface area contributed by atoms with Gasteiger partial charge in [0.05, 0.1) is 13.0 Å². The van der Waals surface area contributed by atoms with E-state index in [0.717, 1.165) is 12.8 Å². The van der Waals surface area contributed by atoms with Gasteiger partial charge >= 0.3 is 5.97 Å². The number of rotatable bonds is 3. The average Bonchev–Trinajstić information content (AvgIpc) is 2.77. The van der Waals surface area contributed by atoms with E-state index in [0.29, 0.717) is 12.1 Å². The Hall–Kier alpha value is -1.61. The third kappa shape index (κ3) is 2.58. The number of carbonyl (C=O) groups excluding carboxylic acids is 1. The Balaban J connectivity index is 1.91. The molecule has 118 valence electrons. The van der Waals surface area contributed by atoms with Gasteiger partial charge in [0.1, 0.15) is 0 Å². The van der Waals surface area contributed by atoms with Gasteiger partial charge in [-0.2, -0.15) is 0 Å². The molecule has 0 amide bonds. The van der Waals surface area contributed by atoms with Crippen molar-refractivity contribution < 1.29 is 9.53 Å². The minimum atomic E-state index is -0.0558. The van der Waals surface area contributed by atoms with Crippen molar-refractivity contribution in [2.45, 2.75) is 44.2 Å². The molecule has 1 aromatic rings. The summed E-state index contributed by atoms with van der Waals surface area (Å²) in [5.74, 6) is 0.182. The third-order valence-electron chi connectivity index (χ3n) is 5.47. The van der Waals surface area contributed by atoms with E-state index in [1.807, 2.05) is 13.0 Å². The second-order valence-corrected chi connectivity index (χ2v) is 6.52. The van der Waals surface area contributed by atoms with Gasteiger partial charge in [-0.3, -0.25) is 9.69 Å². The molecular weight excluding hydrogens is 274 g/mol. The summed E-state index contributed by atoms with van der Waals surface area (Å²) in [5, 5.41) is 0. The summed E-state index contributed by atoms with van der Waals surface area (Å²) in [7, 11) is 3.67. The van der Waals surface area contributed by atoms with Crippen molar-refractivity contribution in [1.29, 1.82) is 0 Å². The minimum Gasteiger partial charge on any atom is -0.469 e. The number of hydrogen-bond acceptors (Lipinski definition) is 3. The lowest BCUT2D eigenvalue weighted by atomic mass is 9.76. The van der Waals surface area contributed by atoms with Crippen LogP contribution in [0, 0.1) is 5.92 Å². The molecule has 1 aromatic carbocycles. The van der Waals surface area contributed by atoms with Crippen LogP contribution in [0.4, 0.5) is 0 Å². The highest BCUT2D eigenvalue weighted by Crippen LogP contribution is 2.46. The highest BCUT2D eigenvalue weighted by atomic mass is 16.5. The van der Waals surface area contributed by atoms with Crippen molar-refractivity contribution in [3.05, 3.63) is 41.5 Å². The third-order valence-corrected chi connectivity index (χ3v) is 5.47. The second-order valence-electron chi connectivity index (χ2n) is 6.52. The lowest BCUT2D eigenvalue weighted by Crippen LogP contribution is -2.49. The zero-order valence-electron chi connectivity index (χ0n) is 13.7. The van der Waals surface area contributed by atoms with Gasteiger partial charge in [-0.1, -0.05) is 36.4 Å². The van der Waals surface area contributed by atoms with Crippen LogP contribution in [0.3, 0.4) is 0 Å². The summed E-state index contributed by atoms with van der Waals surface area (Å²) in [6.07, 6.45) is 7.49. The topological polar surface area (TPSA) is 29.5 Å². The number of ether oxygens (including phenoxy) is 1. The molecule has 0 saturated carbocycles. The molecule has 22 heavy (non-hydrogen) atoms. The molecule has 2 fully saturated rings. The predicted molar refractivity (Wildman–Crippen MR) is 88.6 cm³/mol. The van der Waals surface area contributed by atoms with E-state index in [-0.39, 0.29) is 17.8 Å². The summed E-state index contributed by atoms with van der Waals surface area (Å²) < 4.78 is 5.13. The maximum atomic E-state index is 12.4. The molecule has 2 unspecified atom stereocenters. The number of benzene rings is 1. The number of nitrogens with zero attached hydrogens (tertiary/aromatic N) is 1. The van der Waals surface area contributed by atoms with E-state index < -0.39 is 0 Å². The van der Waals surface area contributed by atoms with E-state index in [9.17, 15) is 4.79 Å². The second kappa shape index (κ2) is 6.25. The molecule has 3 heteroatoms. The Labute approximate surface area is 133 Å². The van der Waals surface area contributed by atoms with Crippen LogP contribution in [0.1, 0.15) is 43.2 Å². The fourth-order valence-corrected chi connectivity index (χ4v) is 4.31. The van der Waals surface area contributed by atoms with Crippen LogP contribution in [0.2, 0.25) is 0 Å². The Morgan fingerprint density at radius 1 is 1.27 bits per heavy atom. The van der Waals surface area contributed by atoms with Crippen LogP contribution >= 0.6 is 0 Å². The molecule has 3 rings (SSSR count). The summed E-state index contributed by atoms with van der Waals surface area (Å²) in [6.45, 7) is 2.02. The SMILES string of the molecule is C/C=C\c1ccc([C@H]2C[C@H]3CCC(C2C(=O)OC)N3C)cc1. The molecule has 2 saturated heterocycles. The van der Waals surface area contributed by atoms with Crippen LogP contribution in [0.5, 0.6) is 0 Å². The molecule has 2 heterocycles. The van der Waals surface area contributed by atoms with Gasteiger partial charge in [0.15, 0.2) is 0 Å². The molecule has 2 aliphatic heterocycles. The molecule has 0 aromatic heterocycles. The van der Waals surface area contributed by atoms with Gasteiger partial charge < -0.3 is 4.74 Å². The lowest BCUT2D eigenvalue weighted by molar-refractivity contribution is -0.150. The summed E-state index contributed by atoms with van der Waals surface area (Å²) in [6, 6.07) is 9.58. The van der Waals surface area contributed by atoms with Crippen LogP contribution in [0.25, 0.3) is 6.08 Å². The Kier molecular flexibility index (Phi) is 4.34. The number of carbonyl (C=O) groups is 1. The van der Waals surface area contributed by atoms with Crippen molar-refractivity contribution in [1.82, 2.24) is 4.90 Å². The van der Waals surface area contributed by atoms with Gasteiger partial charge in [-0.05, 0) is 44.4 Å². The molecule has 3 nitrogen and oxygen atoms in total. The van der Waals surface area contributed by atoms with E-state index in [1.165, 1.54) is 24.7 Å². The average molecular weight is 299 g/mol. The number of piperidine rings is 1. The van der Waals surface area contributed by atoms with E-state index in [2.05, 4.69) is 42.3 Å². The van der Waals surface area contributed by atoms with Crippen molar-refractivity contribution >= 4 is 12.0 Å². The van der Waals surface area contributed by atoms with Crippen molar-refractivity contribution in [3.8, 4) is 0 Å². The van der Waals surface area contributed by atoms with Gasteiger partial charge in [0.25, 0.3) is 0 Å². The maximum Gasteiger partial charge on any atom is 0.310 e. The van der Waals surface area contributed by atoms with E-state index in [4.69, 9.17) is 4.74 Å². The first-order valence-corrected chi connectivity index (χ1v) is 8.18. The van der Waals surface area contributed by atoms with Crippen LogP contribution in [-0.2, 0) is 9.53 Å². The summed E-state index contributed by atoms with van der Waals surface area (Å²) in [4.78, 5) is 14.8. The first-order valence-electron chi connectivity index (χ1n) is 8.18. The molecule has 0 aliphatic carbocycles. The Bertz CT molecular complexity index is 563. The van der Waals surface area contributed by atoms with Crippen molar-refractivity contribution in [3.63, 3.8) is 0 Å². The van der Waals surface area contributed by atoms with Crippen molar-refractivity contribution in [2.75, 3.05) is 14.2 Å². The molecular formula is C19H25NO2. The lowest BCUT2D eigenvalue weighted by Gasteiger charge is -2.41. The summed E-state index contributed by atoms with van der Waals surface area (Å²) in [5.41, 5.74) is 2.48. The molecule has 2 aliphatic rings. The molecule has 0 spiro atoms. The fourth-order valence-electron chi connectivity index (χ4n) is 4.31. The van der Waals surface area contributed by atoms with Crippen LogP contribution in [0.15, 0.2) is 30.3 Å². The predicted octanol–water partition coefficient (Wildman–Crippen LogP) is 3.46. The highest BCUT2D eigenvalue weighted by molar-refractivity contribution is 5.75. The monoisotopic (exact) mass is 299 g/mol. The van der Waals surface area contributed by atoms with Crippen LogP contribution < -0.4 is 0 Å². The Morgan fingerprint density at radius 3 is 2.64 bits per heavy atom. The largest absolute Gasteiger partial charge is 0.469 e. The van der Waals surface area contributed by atoms with Gasteiger partial charge in [0, 0.05) is 18.0 Å². The molecule has 0 N–H and O–H groups in total. The standard InChI is InChI=1S/C19H25NO2/c1-4-5-13-6-8-14(9-7-13)16-12-15-10-11-17(20(15)2)18(16)19(21)22-3/h4-9,15-18H,10-12H2,1-3H3/b5-4-/t15-,16-,17?,18?/m1/s1. The number of allylic oxidation sites excluding steroid dienone is 1. The normalized spacial score (nSPS) is 31.6. The first-order chi connectivity index (χ1) is 10.7. The van der Waals surface area contributed by atoms with Gasteiger partial charge in [-0.25, -0.2) is 0 Å². The zero-order valence-corrected chi connectivity index (χ0v) is 13.7. The van der Waals surface area contributed by atoms with Gasteiger partial charge in [0.2, 0.25) is 0 Å². The Morgan fingerprint density at radius 2 is 2.00 bits per heavy atom. The van der Waals surface area contributed by atoms with Crippen LogP contribution in [-0.4, -0.2) is 37.1 Å². The van der Waals surface area contributed by atoms with Gasteiger partial charge in [-0.15, -0.1) is 0 Å². The number of fused-ring (bicyclic) bond motifs is 2. The van der Waals surface area contributed by atoms with E-state index in [1.54, 1.807) is 0 Å². The molecule has 0 radical (unpaired) electrons. The quantitative estimate of drug-likeness (QED) is 0.801. The molecule has 2 bridgehead atoms.